The van der Waals surface area contributed by atoms with Gasteiger partial charge in [-0.05, 0) is 46.0 Å². The minimum atomic E-state index is 0.606. The van der Waals surface area contributed by atoms with Crippen molar-refractivity contribution >= 4 is 0 Å². The van der Waals surface area contributed by atoms with Crippen LogP contribution in [0.25, 0.3) is 0 Å². The summed E-state index contributed by atoms with van der Waals surface area (Å²) >= 11 is 0. The first-order chi connectivity index (χ1) is 9.69. The van der Waals surface area contributed by atoms with Crippen LogP contribution in [0.4, 0.5) is 0 Å². The van der Waals surface area contributed by atoms with Gasteiger partial charge in [-0.3, -0.25) is 0 Å². The van der Waals surface area contributed by atoms with Crippen molar-refractivity contribution in [1.29, 1.82) is 0 Å². The molecule has 1 aliphatic heterocycles. The third kappa shape index (κ3) is 4.58. The van der Waals surface area contributed by atoms with Gasteiger partial charge < -0.3 is 15.1 Å². The van der Waals surface area contributed by atoms with Crippen LogP contribution in [-0.4, -0.2) is 62.7 Å². The number of hydrogen-bond donors (Lipinski definition) is 1. The molecule has 2 atom stereocenters. The Labute approximate surface area is 124 Å². The molecule has 0 saturated carbocycles. The van der Waals surface area contributed by atoms with Gasteiger partial charge in [-0.2, -0.15) is 0 Å². The second-order valence-corrected chi connectivity index (χ2v) is 6.14. The molecule has 20 heavy (non-hydrogen) atoms. The molecule has 1 aromatic rings. The maximum absolute atomic E-state index is 3.51. The third-order valence-corrected chi connectivity index (χ3v) is 4.57. The smallest absolute Gasteiger partial charge is 0.0235 e. The van der Waals surface area contributed by atoms with Crippen molar-refractivity contribution in [3.8, 4) is 0 Å². The normalized spacial score (nSPS) is 22.9. The van der Waals surface area contributed by atoms with Gasteiger partial charge in [0.05, 0.1) is 0 Å². The minimum absolute atomic E-state index is 0.606. The van der Waals surface area contributed by atoms with Crippen LogP contribution in [-0.2, 0) is 6.42 Å². The number of benzene rings is 1. The number of nitrogens with zero attached hydrogens (tertiary/aromatic N) is 2. The molecule has 1 heterocycles. The maximum Gasteiger partial charge on any atom is 0.0235 e. The van der Waals surface area contributed by atoms with Gasteiger partial charge in [-0.1, -0.05) is 30.3 Å². The van der Waals surface area contributed by atoms with E-state index < -0.39 is 0 Å². The highest BCUT2D eigenvalue weighted by Crippen LogP contribution is 2.15. The Morgan fingerprint density at radius 2 is 1.95 bits per heavy atom. The molecule has 0 amide bonds. The molecule has 1 aromatic carbocycles. The van der Waals surface area contributed by atoms with E-state index in [2.05, 4.69) is 66.6 Å². The topological polar surface area (TPSA) is 18.5 Å². The van der Waals surface area contributed by atoms with Crippen molar-refractivity contribution in [1.82, 2.24) is 15.1 Å². The van der Waals surface area contributed by atoms with Crippen LogP contribution in [0.3, 0.4) is 0 Å². The maximum atomic E-state index is 3.51. The molecule has 0 bridgehead atoms. The number of hydrogen-bond acceptors (Lipinski definition) is 3. The lowest BCUT2D eigenvalue weighted by Crippen LogP contribution is -2.52. The van der Waals surface area contributed by atoms with Crippen molar-refractivity contribution in [2.45, 2.75) is 31.3 Å². The van der Waals surface area contributed by atoms with Crippen molar-refractivity contribution < 1.29 is 0 Å². The quantitative estimate of drug-likeness (QED) is 0.855. The largest absolute Gasteiger partial charge is 0.317 e. The van der Waals surface area contributed by atoms with Gasteiger partial charge in [-0.15, -0.1) is 0 Å². The number of likely N-dealkylation sites (N-methyl/N-ethyl adjacent to an activating group) is 2. The van der Waals surface area contributed by atoms with Gasteiger partial charge in [0.25, 0.3) is 0 Å². The SMILES string of the molecule is CNC(CCc1ccccc1)CC1CN(C)CCN1C. The Morgan fingerprint density at radius 1 is 1.20 bits per heavy atom. The van der Waals surface area contributed by atoms with Gasteiger partial charge in [0.2, 0.25) is 0 Å². The summed E-state index contributed by atoms with van der Waals surface area (Å²) in [5.41, 5.74) is 1.45. The van der Waals surface area contributed by atoms with Crippen LogP contribution in [0.1, 0.15) is 18.4 Å². The Bertz CT molecular complexity index is 379. The van der Waals surface area contributed by atoms with E-state index in [-0.39, 0.29) is 0 Å². The molecule has 1 fully saturated rings. The summed E-state index contributed by atoms with van der Waals surface area (Å²) < 4.78 is 0. The van der Waals surface area contributed by atoms with E-state index in [1.165, 1.54) is 44.5 Å². The highest BCUT2D eigenvalue weighted by Gasteiger charge is 2.24. The second-order valence-electron chi connectivity index (χ2n) is 6.14. The van der Waals surface area contributed by atoms with E-state index in [0.29, 0.717) is 12.1 Å². The van der Waals surface area contributed by atoms with E-state index in [0.717, 1.165) is 0 Å². The first-order valence-corrected chi connectivity index (χ1v) is 7.79. The molecule has 1 N–H and O–H groups in total. The van der Waals surface area contributed by atoms with Gasteiger partial charge in [0, 0.05) is 31.7 Å². The number of piperazine rings is 1. The van der Waals surface area contributed by atoms with Crippen LogP contribution >= 0.6 is 0 Å². The fourth-order valence-corrected chi connectivity index (χ4v) is 3.05. The molecular formula is C17H29N3. The Kier molecular flexibility index (Phi) is 6.02. The summed E-state index contributed by atoms with van der Waals surface area (Å²) in [6.45, 7) is 3.58. The average molecular weight is 275 g/mol. The minimum Gasteiger partial charge on any atom is -0.317 e. The molecule has 112 valence electrons. The highest BCUT2D eigenvalue weighted by molar-refractivity contribution is 5.14. The molecule has 0 aliphatic carbocycles. The number of aryl methyl sites for hydroxylation is 1. The third-order valence-electron chi connectivity index (χ3n) is 4.57. The summed E-state index contributed by atoms with van der Waals surface area (Å²) in [6.07, 6.45) is 3.62. The van der Waals surface area contributed by atoms with Crippen LogP contribution in [0.15, 0.2) is 30.3 Å². The van der Waals surface area contributed by atoms with Crippen molar-refractivity contribution in [2.24, 2.45) is 0 Å². The van der Waals surface area contributed by atoms with Crippen LogP contribution in [0.2, 0.25) is 0 Å². The number of rotatable bonds is 6. The molecule has 0 spiro atoms. The summed E-state index contributed by atoms with van der Waals surface area (Å²) in [6, 6.07) is 12.1. The van der Waals surface area contributed by atoms with Gasteiger partial charge in [0.15, 0.2) is 0 Å². The van der Waals surface area contributed by atoms with E-state index in [4.69, 9.17) is 0 Å². The van der Waals surface area contributed by atoms with Gasteiger partial charge in [0.1, 0.15) is 0 Å². The van der Waals surface area contributed by atoms with E-state index in [9.17, 15) is 0 Å². The van der Waals surface area contributed by atoms with E-state index in [1.807, 2.05) is 0 Å². The molecule has 3 nitrogen and oxygen atoms in total. The summed E-state index contributed by atoms with van der Waals surface area (Å²) in [5.74, 6) is 0. The molecule has 2 unspecified atom stereocenters. The lowest BCUT2D eigenvalue weighted by Gasteiger charge is -2.39. The average Bonchev–Trinajstić information content (AvgIpc) is 2.48. The fraction of sp³-hybridized carbons (Fsp3) is 0.647. The molecule has 3 heteroatoms. The summed E-state index contributed by atoms with van der Waals surface area (Å²) in [7, 11) is 6.60. The zero-order chi connectivity index (χ0) is 14.4. The van der Waals surface area contributed by atoms with E-state index >= 15 is 0 Å². The highest BCUT2D eigenvalue weighted by atomic mass is 15.3. The fourth-order valence-electron chi connectivity index (χ4n) is 3.05. The molecule has 1 aliphatic rings. The Morgan fingerprint density at radius 3 is 2.65 bits per heavy atom. The predicted octanol–water partition coefficient (Wildman–Crippen LogP) is 1.84. The van der Waals surface area contributed by atoms with Gasteiger partial charge in [-0.25, -0.2) is 0 Å². The first kappa shape index (κ1) is 15.5. The molecular weight excluding hydrogens is 246 g/mol. The second kappa shape index (κ2) is 7.77. The summed E-state index contributed by atoms with van der Waals surface area (Å²) in [4.78, 5) is 4.97. The zero-order valence-electron chi connectivity index (χ0n) is 13.2. The Balaban J connectivity index is 1.82. The molecule has 2 rings (SSSR count). The number of nitrogens with one attached hydrogen (secondary N) is 1. The predicted molar refractivity (Wildman–Crippen MR) is 86.1 cm³/mol. The van der Waals surface area contributed by atoms with Crippen molar-refractivity contribution in [3.63, 3.8) is 0 Å². The molecule has 0 radical (unpaired) electrons. The van der Waals surface area contributed by atoms with Crippen molar-refractivity contribution in [3.05, 3.63) is 35.9 Å². The molecule has 1 saturated heterocycles. The van der Waals surface area contributed by atoms with Crippen LogP contribution in [0.5, 0.6) is 0 Å². The van der Waals surface area contributed by atoms with Crippen LogP contribution in [0, 0.1) is 0 Å². The van der Waals surface area contributed by atoms with E-state index in [1.54, 1.807) is 0 Å². The monoisotopic (exact) mass is 275 g/mol. The Hall–Kier alpha value is -0.900. The lowest BCUT2D eigenvalue weighted by atomic mass is 9.97. The zero-order valence-corrected chi connectivity index (χ0v) is 13.2. The van der Waals surface area contributed by atoms with Crippen LogP contribution < -0.4 is 5.32 Å². The summed E-state index contributed by atoms with van der Waals surface area (Å²) in [5, 5.41) is 3.51. The standard InChI is InChI=1S/C17H29N3/c1-18-16(10-9-15-7-5-4-6-8-15)13-17-14-19(2)11-12-20(17)3/h4-8,16-18H,9-14H2,1-3H3. The van der Waals surface area contributed by atoms with Crippen molar-refractivity contribution in [2.75, 3.05) is 40.8 Å². The first-order valence-electron chi connectivity index (χ1n) is 7.79. The van der Waals surface area contributed by atoms with Gasteiger partial charge >= 0.3 is 0 Å². The molecule has 0 aromatic heterocycles. The lowest BCUT2D eigenvalue weighted by molar-refractivity contribution is 0.101.